The highest BCUT2D eigenvalue weighted by Crippen LogP contribution is 2.42. The number of nitrogens with one attached hydrogen (secondary N) is 1. The summed E-state index contributed by atoms with van der Waals surface area (Å²) in [4.78, 5) is 25.2. The number of alkyl carbamates (subject to hydrolysis) is 1. The van der Waals surface area contributed by atoms with E-state index < -0.39 is 29.1 Å². The molecular formula is C28H39NO8. The van der Waals surface area contributed by atoms with Crippen LogP contribution in [0.4, 0.5) is 4.79 Å². The van der Waals surface area contributed by atoms with Crippen LogP contribution < -0.4 is 19.5 Å². The van der Waals surface area contributed by atoms with Crippen LogP contribution in [0.3, 0.4) is 0 Å². The fourth-order valence-corrected chi connectivity index (χ4v) is 3.54. The van der Waals surface area contributed by atoms with Gasteiger partial charge in [-0.3, -0.25) is 4.79 Å². The molecule has 2 N–H and O–H groups in total. The lowest BCUT2D eigenvalue weighted by molar-refractivity contribution is -0.153. The zero-order valence-corrected chi connectivity index (χ0v) is 23.2. The van der Waals surface area contributed by atoms with Crippen LogP contribution in [0.15, 0.2) is 30.3 Å². The second-order valence-corrected chi connectivity index (χ2v) is 10.5. The number of ether oxygens (including phenoxy) is 5. The van der Waals surface area contributed by atoms with Crippen LogP contribution in [0, 0.1) is 5.41 Å². The molecule has 0 bridgehead atoms. The Balaban J connectivity index is 2.61. The van der Waals surface area contributed by atoms with E-state index in [4.69, 9.17) is 23.7 Å². The van der Waals surface area contributed by atoms with Gasteiger partial charge in [-0.15, -0.1) is 0 Å². The maximum absolute atomic E-state index is 12.7. The molecule has 2 aromatic carbocycles. The molecule has 0 fully saturated rings. The quantitative estimate of drug-likeness (QED) is 0.446. The van der Waals surface area contributed by atoms with E-state index in [1.807, 2.05) is 0 Å². The predicted octanol–water partition coefficient (Wildman–Crippen LogP) is 5.03. The molecule has 37 heavy (non-hydrogen) atoms. The van der Waals surface area contributed by atoms with Crippen molar-refractivity contribution in [2.45, 2.75) is 59.8 Å². The Kier molecular flexibility index (Phi) is 9.80. The highest BCUT2D eigenvalue weighted by atomic mass is 16.6. The number of rotatable bonds is 9. The highest BCUT2D eigenvalue weighted by Gasteiger charge is 2.28. The van der Waals surface area contributed by atoms with E-state index in [0.29, 0.717) is 39.5 Å². The number of carbonyl (C=O) groups excluding carboxylic acids is 2. The lowest BCUT2D eigenvalue weighted by atomic mass is 9.94. The number of aliphatic hydroxyl groups excluding tert-OH is 1. The lowest BCUT2D eigenvalue weighted by Crippen LogP contribution is -2.37. The zero-order valence-electron chi connectivity index (χ0n) is 23.2. The number of carbonyl (C=O) groups is 2. The Morgan fingerprint density at radius 1 is 0.919 bits per heavy atom. The number of benzene rings is 2. The first-order valence-corrected chi connectivity index (χ1v) is 11.9. The van der Waals surface area contributed by atoms with Gasteiger partial charge in [-0.1, -0.05) is 6.07 Å². The Hall–Kier alpha value is -3.46. The normalized spacial score (nSPS) is 12.4. The molecule has 0 aromatic heterocycles. The van der Waals surface area contributed by atoms with Gasteiger partial charge in [-0.25, -0.2) is 4.79 Å². The third-order valence-corrected chi connectivity index (χ3v) is 5.36. The molecule has 0 spiro atoms. The molecule has 2 aromatic rings. The van der Waals surface area contributed by atoms with Gasteiger partial charge in [0.15, 0.2) is 0 Å². The summed E-state index contributed by atoms with van der Waals surface area (Å²) in [5, 5.41) is 12.9. The fraction of sp³-hybridized carbons (Fsp3) is 0.500. The van der Waals surface area contributed by atoms with Crippen molar-refractivity contribution >= 4 is 12.1 Å². The van der Waals surface area contributed by atoms with Crippen molar-refractivity contribution < 1.29 is 38.4 Å². The van der Waals surface area contributed by atoms with Gasteiger partial charge in [-0.2, -0.15) is 0 Å². The van der Waals surface area contributed by atoms with Crippen LogP contribution in [-0.2, 0) is 20.9 Å². The molecule has 0 aliphatic heterocycles. The molecule has 1 amide bonds. The topological polar surface area (TPSA) is 113 Å². The summed E-state index contributed by atoms with van der Waals surface area (Å²) in [5.41, 5.74) is 0.976. The molecule has 1 atom stereocenters. The summed E-state index contributed by atoms with van der Waals surface area (Å²) in [6.07, 6.45) is -0.653. The maximum atomic E-state index is 12.7. The fourth-order valence-electron chi connectivity index (χ4n) is 3.54. The van der Waals surface area contributed by atoms with Gasteiger partial charge < -0.3 is 34.1 Å². The van der Waals surface area contributed by atoms with Gasteiger partial charge >= 0.3 is 12.1 Å². The van der Waals surface area contributed by atoms with Crippen LogP contribution in [0.25, 0.3) is 11.1 Å². The van der Waals surface area contributed by atoms with Crippen molar-refractivity contribution in [2.24, 2.45) is 5.41 Å². The smallest absolute Gasteiger partial charge is 0.408 e. The first kappa shape index (κ1) is 29.8. The van der Waals surface area contributed by atoms with E-state index in [2.05, 4.69) is 5.32 Å². The van der Waals surface area contributed by atoms with Gasteiger partial charge in [0.25, 0.3) is 0 Å². The van der Waals surface area contributed by atoms with Crippen LogP contribution in [0.2, 0.25) is 0 Å². The molecule has 9 nitrogen and oxygen atoms in total. The van der Waals surface area contributed by atoms with Crippen LogP contribution in [0.1, 0.15) is 58.7 Å². The Morgan fingerprint density at radius 2 is 1.57 bits per heavy atom. The molecule has 0 radical (unpaired) electrons. The summed E-state index contributed by atoms with van der Waals surface area (Å²) in [5.74, 6) is 1.11. The summed E-state index contributed by atoms with van der Waals surface area (Å²) < 4.78 is 27.6. The van der Waals surface area contributed by atoms with Crippen LogP contribution in [-0.4, -0.2) is 50.7 Å². The van der Waals surface area contributed by atoms with Gasteiger partial charge in [0.2, 0.25) is 0 Å². The number of amides is 1. The van der Waals surface area contributed by atoms with E-state index >= 15 is 0 Å². The number of methoxy groups -OCH3 is 3. The van der Waals surface area contributed by atoms with E-state index in [-0.39, 0.29) is 13.2 Å². The van der Waals surface area contributed by atoms with Crippen molar-refractivity contribution in [3.8, 4) is 28.4 Å². The second kappa shape index (κ2) is 12.2. The van der Waals surface area contributed by atoms with Gasteiger partial charge in [-0.05, 0) is 70.9 Å². The van der Waals surface area contributed by atoms with Crippen molar-refractivity contribution in [1.29, 1.82) is 0 Å². The second-order valence-electron chi connectivity index (χ2n) is 10.5. The standard InChI is InChI=1S/C28H39NO8/c1-27(2,3)25(31)36-16-21(29-26(32)37-28(4,5)6)17-10-11-22(34-8)20(13-17)24-18(15-30)12-19(33-7)14-23(24)35-9/h10-14,21,30H,15-16H2,1-9H3,(H,29,32)/t21-/m0/s1. The van der Waals surface area contributed by atoms with Crippen molar-refractivity contribution in [1.82, 2.24) is 5.32 Å². The first-order valence-electron chi connectivity index (χ1n) is 11.9. The highest BCUT2D eigenvalue weighted by molar-refractivity contribution is 5.81. The lowest BCUT2D eigenvalue weighted by Gasteiger charge is -2.26. The zero-order chi connectivity index (χ0) is 28.0. The first-order chi connectivity index (χ1) is 17.2. The molecule has 0 unspecified atom stereocenters. The minimum absolute atomic E-state index is 0.117. The summed E-state index contributed by atoms with van der Waals surface area (Å²) in [7, 11) is 4.59. The molecule has 9 heteroatoms. The van der Waals surface area contributed by atoms with E-state index in [1.165, 1.54) is 21.3 Å². The van der Waals surface area contributed by atoms with Crippen LogP contribution >= 0.6 is 0 Å². The van der Waals surface area contributed by atoms with Crippen molar-refractivity contribution in [3.63, 3.8) is 0 Å². The maximum Gasteiger partial charge on any atom is 0.408 e. The number of hydrogen-bond acceptors (Lipinski definition) is 8. The third-order valence-electron chi connectivity index (χ3n) is 5.36. The van der Waals surface area contributed by atoms with Crippen LogP contribution in [0.5, 0.6) is 17.2 Å². The Labute approximate surface area is 219 Å². The molecule has 2 rings (SSSR count). The minimum Gasteiger partial charge on any atom is -0.497 e. The van der Waals surface area contributed by atoms with E-state index in [0.717, 1.165) is 0 Å². The monoisotopic (exact) mass is 517 g/mol. The number of esters is 1. The summed E-state index contributed by atoms with van der Waals surface area (Å²) >= 11 is 0. The largest absolute Gasteiger partial charge is 0.497 e. The van der Waals surface area contributed by atoms with Crippen molar-refractivity contribution in [3.05, 3.63) is 41.5 Å². The third kappa shape index (κ3) is 8.01. The van der Waals surface area contributed by atoms with Gasteiger partial charge in [0.1, 0.15) is 29.5 Å². The van der Waals surface area contributed by atoms with E-state index in [1.54, 1.807) is 71.9 Å². The summed E-state index contributed by atoms with van der Waals surface area (Å²) in [6.45, 7) is 10.2. The van der Waals surface area contributed by atoms with E-state index in [9.17, 15) is 14.7 Å². The molecule has 204 valence electrons. The number of aliphatic hydroxyl groups is 1. The molecule has 0 aliphatic carbocycles. The summed E-state index contributed by atoms with van der Waals surface area (Å²) in [6, 6.07) is 8.00. The van der Waals surface area contributed by atoms with Gasteiger partial charge in [0.05, 0.1) is 39.4 Å². The van der Waals surface area contributed by atoms with Gasteiger partial charge in [0, 0.05) is 17.2 Å². The predicted molar refractivity (Wildman–Crippen MR) is 140 cm³/mol. The Morgan fingerprint density at radius 3 is 2.08 bits per heavy atom. The molecule has 0 saturated heterocycles. The molecule has 0 aliphatic rings. The average molecular weight is 518 g/mol. The minimum atomic E-state index is -0.729. The Bertz CT molecular complexity index is 1070. The SMILES string of the molecule is COc1cc(CO)c(-c2cc([C@H](COC(=O)C(C)(C)C)NC(=O)OC(C)(C)C)ccc2OC)c(OC)c1. The molecule has 0 heterocycles. The average Bonchev–Trinajstić information content (AvgIpc) is 2.83. The number of hydrogen-bond donors (Lipinski definition) is 2. The molecular weight excluding hydrogens is 478 g/mol. The van der Waals surface area contributed by atoms with Crippen molar-refractivity contribution in [2.75, 3.05) is 27.9 Å². The molecule has 0 saturated carbocycles.